The van der Waals surface area contributed by atoms with Crippen molar-refractivity contribution in [3.63, 3.8) is 0 Å². The Morgan fingerprint density at radius 3 is 3.00 bits per heavy atom. The molecule has 2 aromatic rings. The first-order valence-electron chi connectivity index (χ1n) is 6.87. The van der Waals surface area contributed by atoms with Crippen LogP contribution in [0.5, 0.6) is 11.6 Å². The predicted molar refractivity (Wildman–Crippen MR) is 78.3 cm³/mol. The number of aliphatic hydroxyl groups is 1. The number of pyridine rings is 1. The molecule has 1 amide bonds. The van der Waals surface area contributed by atoms with Crippen molar-refractivity contribution in [2.75, 3.05) is 5.32 Å². The fourth-order valence-electron chi connectivity index (χ4n) is 2.34. The number of hydrogen-bond acceptors (Lipinski definition) is 4. The van der Waals surface area contributed by atoms with Crippen LogP contribution in [-0.4, -0.2) is 16.0 Å². The molecule has 0 saturated carbocycles. The molecule has 2 N–H and O–H groups in total. The van der Waals surface area contributed by atoms with E-state index in [0.717, 1.165) is 11.3 Å². The Morgan fingerprint density at radius 1 is 1.33 bits per heavy atom. The minimum atomic E-state index is -0.648. The molecule has 5 nitrogen and oxygen atoms in total. The van der Waals surface area contributed by atoms with Gasteiger partial charge >= 0.3 is 0 Å². The summed E-state index contributed by atoms with van der Waals surface area (Å²) in [4.78, 5) is 15.5. The Bertz CT molecular complexity index is 683. The second-order valence-corrected chi connectivity index (χ2v) is 5.04. The lowest BCUT2D eigenvalue weighted by atomic mass is 10.0. The van der Waals surface area contributed by atoms with E-state index in [2.05, 4.69) is 10.3 Å². The minimum Gasteiger partial charge on any atom is -0.439 e. The van der Waals surface area contributed by atoms with Crippen LogP contribution in [0.2, 0.25) is 0 Å². The van der Waals surface area contributed by atoms with Crippen LogP contribution in [0.25, 0.3) is 0 Å². The highest BCUT2D eigenvalue weighted by atomic mass is 16.5. The van der Waals surface area contributed by atoms with Crippen molar-refractivity contribution in [3.8, 4) is 11.6 Å². The minimum absolute atomic E-state index is 0.0392. The molecule has 0 aliphatic carbocycles. The number of anilines is 1. The third-order valence-electron chi connectivity index (χ3n) is 3.44. The van der Waals surface area contributed by atoms with Gasteiger partial charge in [0.15, 0.2) is 0 Å². The highest BCUT2D eigenvalue weighted by Gasteiger charge is 2.16. The molecule has 0 radical (unpaired) electrons. The lowest BCUT2D eigenvalue weighted by Crippen LogP contribution is -2.18. The molecule has 5 heteroatoms. The van der Waals surface area contributed by atoms with Crippen LogP contribution < -0.4 is 10.1 Å². The van der Waals surface area contributed by atoms with Crippen LogP contribution in [0.3, 0.4) is 0 Å². The van der Waals surface area contributed by atoms with Crippen LogP contribution in [0.4, 0.5) is 5.69 Å². The molecule has 3 rings (SSSR count). The zero-order valence-corrected chi connectivity index (χ0v) is 11.7. The average molecular weight is 284 g/mol. The van der Waals surface area contributed by atoms with Crippen molar-refractivity contribution in [3.05, 3.63) is 47.7 Å². The lowest BCUT2D eigenvalue weighted by Gasteiger charge is -2.18. The van der Waals surface area contributed by atoms with E-state index in [1.165, 1.54) is 0 Å². The Balaban J connectivity index is 1.88. The third kappa shape index (κ3) is 2.87. The summed E-state index contributed by atoms with van der Waals surface area (Å²) in [6, 6.07) is 9.05. The predicted octanol–water partition coefficient (Wildman–Crippen LogP) is 2.81. The number of ether oxygens (including phenoxy) is 1. The van der Waals surface area contributed by atoms with Crippen LogP contribution in [0, 0.1) is 0 Å². The maximum absolute atomic E-state index is 11.3. The highest BCUT2D eigenvalue weighted by Crippen LogP contribution is 2.31. The van der Waals surface area contributed by atoms with E-state index in [0.29, 0.717) is 30.0 Å². The largest absolute Gasteiger partial charge is 0.439 e. The zero-order chi connectivity index (χ0) is 14.8. The molecular weight excluding hydrogens is 268 g/mol. The number of aryl methyl sites for hydroxylation is 1. The maximum Gasteiger partial charge on any atom is 0.225 e. The lowest BCUT2D eigenvalue weighted by molar-refractivity contribution is -0.116. The van der Waals surface area contributed by atoms with Crippen LogP contribution in [0.15, 0.2) is 36.5 Å². The van der Waals surface area contributed by atoms with Gasteiger partial charge in [0.2, 0.25) is 11.8 Å². The summed E-state index contributed by atoms with van der Waals surface area (Å²) < 4.78 is 5.78. The SMILES string of the molecule is C[C@@H](O)c1cccnc1Oc1ccc2c(c1)CCC(=O)N2. The number of nitrogens with one attached hydrogen (secondary N) is 1. The first kappa shape index (κ1) is 13.6. The van der Waals surface area contributed by atoms with Gasteiger partial charge in [0, 0.05) is 23.9 Å². The standard InChI is InChI=1S/C16H16N2O3/c1-10(19)13-3-2-8-17-16(13)21-12-5-6-14-11(9-12)4-7-15(20)18-14/h2-3,5-6,8-10,19H,4,7H2,1H3,(H,18,20)/t10-/m1/s1. The van der Waals surface area contributed by atoms with E-state index in [1.807, 2.05) is 12.1 Å². The molecular formula is C16H16N2O3. The van der Waals surface area contributed by atoms with Gasteiger partial charge in [0.25, 0.3) is 0 Å². The van der Waals surface area contributed by atoms with Gasteiger partial charge < -0.3 is 15.2 Å². The fourth-order valence-corrected chi connectivity index (χ4v) is 2.34. The Morgan fingerprint density at radius 2 is 2.19 bits per heavy atom. The highest BCUT2D eigenvalue weighted by molar-refractivity contribution is 5.94. The summed E-state index contributed by atoms with van der Waals surface area (Å²) in [5.41, 5.74) is 2.51. The first-order chi connectivity index (χ1) is 10.1. The molecule has 0 fully saturated rings. The summed E-state index contributed by atoms with van der Waals surface area (Å²) in [6.45, 7) is 1.67. The average Bonchev–Trinajstić information content (AvgIpc) is 2.48. The van der Waals surface area contributed by atoms with Gasteiger partial charge in [-0.3, -0.25) is 4.79 Å². The fraction of sp³-hybridized carbons (Fsp3) is 0.250. The molecule has 0 unspecified atom stereocenters. The number of rotatable bonds is 3. The van der Waals surface area contributed by atoms with Crippen LogP contribution in [-0.2, 0) is 11.2 Å². The summed E-state index contributed by atoms with van der Waals surface area (Å²) in [6.07, 6.45) is 2.16. The number of carbonyl (C=O) groups is 1. The van der Waals surface area contributed by atoms with Crippen LogP contribution in [0.1, 0.15) is 30.6 Å². The number of carbonyl (C=O) groups excluding carboxylic acids is 1. The van der Waals surface area contributed by atoms with E-state index < -0.39 is 6.10 Å². The number of fused-ring (bicyclic) bond motifs is 1. The van der Waals surface area contributed by atoms with Gasteiger partial charge in [-0.2, -0.15) is 0 Å². The zero-order valence-electron chi connectivity index (χ0n) is 11.7. The molecule has 0 spiro atoms. The van der Waals surface area contributed by atoms with E-state index in [4.69, 9.17) is 4.74 Å². The normalized spacial score (nSPS) is 15.0. The molecule has 108 valence electrons. The van der Waals surface area contributed by atoms with Crippen molar-refractivity contribution in [2.45, 2.75) is 25.9 Å². The van der Waals surface area contributed by atoms with Crippen molar-refractivity contribution < 1.29 is 14.6 Å². The second kappa shape index (κ2) is 5.54. The molecule has 1 aliphatic heterocycles. The topological polar surface area (TPSA) is 71.5 Å². The Hall–Kier alpha value is -2.40. The van der Waals surface area contributed by atoms with Gasteiger partial charge in [-0.05, 0) is 49.2 Å². The van der Waals surface area contributed by atoms with E-state index in [1.54, 1.807) is 31.3 Å². The Kier molecular flexibility index (Phi) is 3.58. The third-order valence-corrected chi connectivity index (χ3v) is 3.44. The van der Waals surface area contributed by atoms with Gasteiger partial charge in [-0.25, -0.2) is 4.98 Å². The number of nitrogens with zero attached hydrogens (tertiary/aromatic N) is 1. The van der Waals surface area contributed by atoms with E-state index in [-0.39, 0.29) is 5.91 Å². The number of hydrogen-bond donors (Lipinski definition) is 2. The number of benzene rings is 1. The molecule has 0 bridgehead atoms. The van der Waals surface area contributed by atoms with Gasteiger partial charge in [-0.1, -0.05) is 0 Å². The molecule has 1 atom stereocenters. The smallest absolute Gasteiger partial charge is 0.225 e. The summed E-state index contributed by atoms with van der Waals surface area (Å²) in [7, 11) is 0. The number of amides is 1. The summed E-state index contributed by atoms with van der Waals surface area (Å²) in [5, 5.41) is 12.6. The maximum atomic E-state index is 11.3. The van der Waals surface area contributed by atoms with Crippen molar-refractivity contribution in [2.24, 2.45) is 0 Å². The van der Waals surface area contributed by atoms with Crippen LogP contribution >= 0.6 is 0 Å². The van der Waals surface area contributed by atoms with Gasteiger partial charge in [0.1, 0.15) is 5.75 Å². The molecule has 1 aliphatic rings. The van der Waals surface area contributed by atoms with Crippen molar-refractivity contribution in [1.82, 2.24) is 4.98 Å². The van der Waals surface area contributed by atoms with Gasteiger partial charge in [-0.15, -0.1) is 0 Å². The number of aliphatic hydroxyl groups excluding tert-OH is 1. The van der Waals surface area contributed by atoms with E-state index >= 15 is 0 Å². The quantitative estimate of drug-likeness (QED) is 0.909. The van der Waals surface area contributed by atoms with Crippen molar-refractivity contribution >= 4 is 11.6 Å². The summed E-state index contributed by atoms with van der Waals surface area (Å²) >= 11 is 0. The van der Waals surface area contributed by atoms with E-state index in [9.17, 15) is 9.90 Å². The molecule has 2 heterocycles. The summed E-state index contributed by atoms with van der Waals surface area (Å²) in [5.74, 6) is 1.08. The first-order valence-corrected chi connectivity index (χ1v) is 6.87. The molecule has 0 saturated heterocycles. The molecule has 1 aromatic carbocycles. The second-order valence-electron chi connectivity index (χ2n) is 5.04. The van der Waals surface area contributed by atoms with Gasteiger partial charge in [0.05, 0.1) is 6.10 Å². The molecule has 21 heavy (non-hydrogen) atoms. The number of aromatic nitrogens is 1. The van der Waals surface area contributed by atoms with Crippen molar-refractivity contribution in [1.29, 1.82) is 0 Å². The monoisotopic (exact) mass is 284 g/mol. The molecule has 1 aromatic heterocycles. The Labute approximate surface area is 122 Å².